The summed E-state index contributed by atoms with van der Waals surface area (Å²) in [6.45, 7) is 5.44. The van der Waals surface area contributed by atoms with Crippen LogP contribution in [0, 0.1) is 0 Å². The maximum atomic E-state index is 11.1. The molecule has 0 saturated carbocycles. The fourth-order valence-corrected chi connectivity index (χ4v) is 2.90. The molecule has 19 heavy (non-hydrogen) atoms. The molecule has 1 saturated heterocycles. The molecule has 1 aliphatic heterocycles. The van der Waals surface area contributed by atoms with E-state index in [9.17, 15) is 4.79 Å². The lowest BCUT2D eigenvalue weighted by atomic mass is 10.3. The molecule has 0 spiro atoms. The Morgan fingerprint density at radius 1 is 1.58 bits per heavy atom. The molecule has 7 nitrogen and oxygen atoms in total. The van der Waals surface area contributed by atoms with Crippen molar-refractivity contribution in [3.05, 3.63) is 5.01 Å². The molecule has 0 bridgehead atoms. The Balaban J connectivity index is 1.79. The van der Waals surface area contributed by atoms with E-state index in [4.69, 9.17) is 0 Å². The number of nitrogens with zero attached hydrogens (tertiary/aromatic N) is 3. The predicted molar refractivity (Wildman–Crippen MR) is 73.3 cm³/mol. The van der Waals surface area contributed by atoms with Crippen LogP contribution in [0.25, 0.3) is 0 Å². The number of rotatable bonds is 5. The SMILES string of the molecule is CCNc1nnc(CN2CCC(NC(=O)OC)C2)s1. The number of carbonyl (C=O) groups is 1. The Hall–Kier alpha value is -1.41. The second-order valence-corrected chi connectivity index (χ2v) is 5.45. The van der Waals surface area contributed by atoms with Gasteiger partial charge in [-0.05, 0) is 13.3 Å². The molecule has 1 fully saturated rings. The van der Waals surface area contributed by atoms with Crippen LogP contribution < -0.4 is 10.6 Å². The van der Waals surface area contributed by atoms with Crippen LogP contribution in [0.15, 0.2) is 0 Å². The number of amides is 1. The van der Waals surface area contributed by atoms with Crippen molar-refractivity contribution in [3.8, 4) is 0 Å². The minimum atomic E-state index is -0.364. The average Bonchev–Trinajstić information content (AvgIpc) is 3.00. The highest BCUT2D eigenvalue weighted by Gasteiger charge is 2.24. The highest BCUT2D eigenvalue weighted by Crippen LogP contribution is 2.19. The second-order valence-electron chi connectivity index (χ2n) is 4.39. The Labute approximate surface area is 116 Å². The second kappa shape index (κ2) is 6.67. The number of alkyl carbamates (subject to hydrolysis) is 1. The van der Waals surface area contributed by atoms with Crippen molar-refractivity contribution in [3.63, 3.8) is 0 Å². The van der Waals surface area contributed by atoms with Crippen LogP contribution in [0.3, 0.4) is 0 Å². The van der Waals surface area contributed by atoms with E-state index < -0.39 is 0 Å². The molecule has 8 heteroatoms. The van der Waals surface area contributed by atoms with Gasteiger partial charge in [0.15, 0.2) is 0 Å². The van der Waals surface area contributed by atoms with Gasteiger partial charge in [-0.1, -0.05) is 11.3 Å². The standard InChI is InChI=1S/C11H19N5O2S/c1-3-12-10-15-14-9(19-10)7-16-5-4-8(6-16)13-11(17)18-2/h8H,3-7H2,1-2H3,(H,12,15)(H,13,17). The molecule has 2 heterocycles. The number of anilines is 1. The molecule has 2 rings (SSSR count). The predicted octanol–water partition coefficient (Wildman–Crippen LogP) is 0.900. The first-order valence-electron chi connectivity index (χ1n) is 6.34. The highest BCUT2D eigenvalue weighted by atomic mass is 32.1. The summed E-state index contributed by atoms with van der Waals surface area (Å²) in [7, 11) is 1.38. The fourth-order valence-electron chi connectivity index (χ4n) is 2.05. The summed E-state index contributed by atoms with van der Waals surface area (Å²) in [5.74, 6) is 0. The summed E-state index contributed by atoms with van der Waals surface area (Å²) in [4.78, 5) is 13.4. The average molecular weight is 285 g/mol. The highest BCUT2D eigenvalue weighted by molar-refractivity contribution is 7.15. The Morgan fingerprint density at radius 2 is 2.42 bits per heavy atom. The van der Waals surface area contributed by atoms with Crippen molar-refractivity contribution >= 4 is 22.6 Å². The van der Waals surface area contributed by atoms with E-state index in [1.54, 1.807) is 11.3 Å². The topological polar surface area (TPSA) is 79.4 Å². The van der Waals surface area contributed by atoms with Gasteiger partial charge in [-0.15, -0.1) is 10.2 Å². The smallest absolute Gasteiger partial charge is 0.407 e. The van der Waals surface area contributed by atoms with Crippen molar-refractivity contribution in [1.82, 2.24) is 20.4 Å². The van der Waals surface area contributed by atoms with Gasteiger partial charge in [-0.2, -0.15) is 0 Å². The quantitative estimate of drug-likeness (QED) is 0.837. The third-order valence-corrected chi connectivity index (χ3v) is 3.80. The largest absolute Gasteiger partial charge is 0.453 e. The van der Waals surface area contributed by atoms with Crippen LogP contribution in [0.4, 0.5) is 9.93 Å². The van der Waals surface area contributed by atoms with Crippen LogP contribution in [-0.4, -0.2) is 54.0 Å². The van der Waals surface area contributed by atoms with E-state index in [1.807, 2.05) is 6.92 Å². The van der Waals surface area contributed by atoms with E-state index in [-0.39, 0.29) is 12.1 Å². The van der Waals surface area contributed by atoms with Gasteiger partial charge in [0.05, 0.1) is 13.7 Å². The molecule has 1 aromatic rings. The molecule has 1 aromatic heterocycles. The molecule has 0 aliphatic carbocycles. The molecule has 106 valence electrons. The lowest BCUT2D eigenvalue weighted by Crippen LogP contribution is -2.36. The van der Waals surface area contributed by atoms with Crippen molar-refractivity contribution in [2.75, 3.05) is 32.1 Å². The molecule has 1 aliphatic rings. The molecule has 0 radical (unpaired) electrons. The zero-order valence-corrected chi connectivity index (χ0v) is 12.0. The van der Waals surface area contributed by atoms with Gasteiger partial charge >= 0.3 is 6.09 Å². The summed E-state index contributed by atoms with van der Waals surface area (Å²) in [5, 5.41) is 16.0. The van der Waals surface area contributed by atoms with Crippen molar-refractivity contribution in [1.29, 1.82) is 0 Å². The van der Waals surface area contributed by atoms with Crippen LogP contribution in [-0.2, 0) is 11.3 Å². The Bertz CT molecular complexity index is 425. The minimum absolute atomic E-state index is 0.161. The lowest BCUT2D eigenvalue weighted by Gasteiger charge is -2.14. The molecular formula is C11H19N5O2S. The number of methoxy groups -OCH3 is 1. The number of carbonyl (C=O) groups excluding carboxylic acids is 1. The first kappa shape index (κ1) is 14.0. The van der Waals surface area contributed by atoms with Crippen molar-refractivity contribution < 1.29 is 9.53 Å². The summed E-state index contributed by atoms with van der Waals surface area (Å²) < 4.78 is 4.60. The normalized spacial score (nSPS) is 19.4. The Kier molecular flexibility index (Phi) is 4.92. The molecular weight excluding hydrogens is 266 g/mol. The van der Waals surface area contributed by atoms with E-state index in [0.29, 0.717) is 0 Å². The van der Waals surface area contributed by atoms with Gasteiger partial charge in [-0.25, -0.2) is 4.79 Å². The molecule has 1 atom stereocenters. The van der Waals surface area contributed by atoms with Gasteiger partial charge in [0.2, 0.25) is 5.13 Å². The van der Waals surface area contributed by atoms with Crippen molar-refractivity contribution in [2.24, 2.45) is 0 Å². The third-order valence-electron chi connectivity index (χ3n) is 2.93. The van der Waals surface area contributed by atoms with E-state index in [0.717, 1.165) is 42.7 Å². The van der Waals surface area contributed by atoms with Gasteiger partial charge < -0.3 is 15.4 Å². The first-order valence-corrected chi connectivity index (χ1v) is 7.16. The van der Waals surface area contributed by atoms with Crippen LogP contribution in [0.2, 0.25) is 0 Å². The molecule has 1 unspecified atom stereocenters. The summed E-state index contributed by atoms with van der Waals surface area (Å²) in [6.07, 6.45) is 0.575. The van der Waals surface area contributed by atoms with E-state index in [2.05, 4.69) is 30.5 Å². The molecule has 2 N–H and O–H groups in total. The van der Waals surface area contributed by atoms with Gasteiger partial charge in [0, 0.05) is 25.7 Å². The maximum Gasteiger partial charge on any atom is 0.407 e. The van der Waals surface area contributed by atoms with Gasteiger partial charge in [0.1, 0.15) is 5.01 Å². The minimum Gasteiger partial charge on any atom is -0.453 e. The maximum absolute atomic E-state index is 11.1. The van der Waals surface area contributed by atoms with Crippen molar-refractivity contribution in [2.45, 2.75) is 25.9 Å². The molecule has 0 aromatic carbocycles. The third kappa shape index (κ3) is 4.03. The van der Waals surface area contributed by atoms with Gasteiger partial charge in [0.25, 0.3) is 0 Å². The fraction of sp³-hybridized carbons (Fsp3) is 0.727. The number of likely N-dealkylation sites (tertiary alicyclic amines) is 1. The number of hydrogen-bond donors (Lipinski definition) is 2. The van der Waals surface area contributed by atoms with E-state index in [1.165, 1.54) is 7.11 Å². The molecule has 1 amide bonds. The zero-order chi connectivity index (χ0) is 13.7. The lowest BCUT2D eigenvalue weighted by molar-refractivity contribution is 0.166. The van der Waals surface area contributed by atoms with Crippen LogP contribution in [0.5, 0.6) is 0 Å². The van der Waals surface area contributed by atoms with E-state index >= 15 is 0 Å². The number of nitrogens with one attached hydrogen (secondary N) is 2. The number of ether oxygens (including phenoxy) is 1. The zero-order valence-electron chi connectivity index (χ0n) is 11.2. The monoisotopic (exact) mass is 285 g/mol. The summed E-state index contributed by atoms with van der Waals surface area (Å²) in [6, 6.07) is 0.161. The summed E-state index contributed by atoms with van der Waals surface area (Å²) >= 11 is 1.58. The van der Waals surface area contributed by atoms with Crippen LogP contribution >= 0.6 is 11.3 Å². The summed E-state index contributed by atoms with van der Waals surface area (Å²) in [5.41, 5.74) is 0. The Morgan fingerprint density at radius 3 is 3.16 bits per heavy atom. The number of aromatic nitrogens is 2. The number of hydrogen-bond acceptors (Lipinski definition) is 7. The van der Waals surface area contributed by atoms with Crippen LogP contribution in [0.1, 0.15) is 18.4 Å². The van der Waals surface area contributed by atoms with Gasteiger partial charge in [-0.3, -0.25) is 4.90 Å². The first-order chi connectivity index (χ1) is 9.21.